The van der Waals surface area contributed by atoms with Gasteiger partial charge in [-0.25, -0.2) is 9.13 Å². The summed E-state index contributed by atoms with van der Waals surface area (Å²) in [5.74, 6) is -2.13. The third-order valence-corrected chi connectivity index (χ3v) is 18.8. The van der Waals surface area contributed by atoms with E-state index in [1.54, 1.807) is 0 Å². The van der Waals surface area contributed by atoms with Gasteiger partial charge in [-0.05, 0) is 25.7 Å². The van der Waals surface area contributed by atoms with Crippen LogP contribution in [0.15, 0.2) is 0 Å². The van der Waals surface area contributed by atoms with Gasteiger partial charge in [0, 0.05) is 25.7 Å². The maximum Gasteiger partial charge on any atom is 0.472 e. The molecule has 3 N–H and O–H groups in total. The predicted molar refractivity (Wildman–Crippen MR) is 368 cm³/mol. The van der Waals surface area contributed by atoms with E-state index in [2.05, 4.69) is 27.7 Å². The average Bonchev–Trinajstić information content (AvgIpc) is 3.74. The van der Waals surface area contributed by atoms with Crippen molar-refractivity contribution in [3.8, 4) is 0 Å². The first-order chi connectivity index (χ1) is 44.2. The monoisotopic (exact) mass is 1340 g/mol. The fourth-order valence-electron chi connectivity index (χ4n) is 11.0. The number of hydrogen-bond acceptors (Lipinski definition) is 15. The highest BCUT2D eigenvalue weighted by Gasteiger charge is 2.30. The SMILES string of the molecule is CCCCCCCCCCCCCCCCCCCCCCC(=O)O[C@H](COC(=O)CCCCCCCCCCCCCCCCCCCC)COP(=O)(O)OC[C@@H](O)COP(=O)(O)OC[C@@H](COC(=O)CCCCCCC)OC(=O)CCCCCCCCCC. The summed E-state index contributed by atoms with van der Waals surface area (Å²) in [6, 6.07) is 0. The number of aliphatic hydroxyl groups is 1. The molecule has 0 rings (SSSR count). The normalized spacial score (nSPS) is 14.0. The number of unbranched alkanes of at least 4 members (excludes halogenated alkanes) is 47. The minimum absolute atomic E-state index is 0.105. The van der Waals surface area contributed by atoms with Crippen molar-refractivity contribution in [2.75, 3.05) is 39.6 Å². The maximum atomic E-state index is 13.1. The molecule has 0 aliphatic heterocycles. The molecule has 0 aliphatic carbocycles. The average molecular weight is 1340 g/mol. The van der Waals surface area contributed by atoms with E-state index in [1.165, 1.54) is 199 Å². The Labute approximate surface area is 556 Å². The largest absolute Gasteiger partial charge is 0.472 e. The van der Waals surface area contributed by atoms with Crippen molar-refractivity contribution >= 4 is 39.5 Å². The van der Waals surface area contributed by atoms with Crippen LogP contribution >= 0.6 is 15.6 Å². The molecular formula is C72H140O17P2. The van der Waals surface area contributed by atoms with Crippen LogP contribution in [0, 0.1) is 0 Å². The first kappa shape index (κ1) is 89.1. The number of phosphoric ester groups is 2. The van der Waals surface area contributed by atoms with E-state index in [4.69, 9.17) is 37.0 Å². The van der Waals surface area contributed by atoms with Gasteiger partial charge >= 0.3 is 39.5 Å². The zero-order chi connectivity index (χ0) is 66.8. The molecule has 0 spiro atoms. The van der Waals surface area contributed by atoms with E-state index >= 15 is 0 Å². The highest BCUT2D eigenvalue weighted by molar-refractivity contribution is 7.47. The molecule has 0 radical (unpaired) electrons. The van der Waals surface area contributed by atoms with Gasteiger partial charge in [-0.1, -0.05) is 329 Å². The minimum atomic E-state index is -4.95. The Morgan fingerprint density at radius 1 is 0.264 bits per heavy atom. The zero-order valence-corrected chi connectivity index (χ0v) is 60.6. The van der Waals surface area contributed by atoms with E-state index in [0.29, 0.717) is 25.7 Å². The Kier molecular flexibility index (Phi) is 65.2. The highest BCUT2D eigenvalue weighted by atomic mass is 31.2. The third kappa shape index (κ3) is 66.5. The molecule has 19 heteroatoms. The van der Waals surface area contributed by atoms with Gasteiger partial charge < -0.3 is 33.8 Å². The van der Waals surface area contributed by atoms with Gasteiger partial charge in [-0.3, -0.25) is 37.3 Å². The van der Waals surface area contributed by atoms with Crippen molar-refractivity contribution < 1.29 is 80.2 Å². The topological polar surface area (TPSA) is 237 Å². The Balaban J connectivity index is 5.09. The maximum absolute atomic E-state index is 13.1. The van der Waals surface area contributed by atoms with Crippen LogP contribution in [0.2, 0.25) is 0 Å². The first-order valence-corrected chi connectivity index (χ1v) is 40.8. The van der Waals surface area contributed by atoms with Gasteiger partial charge in [0.15, 0.2) is 12.2 Å². The summed E-state index contributed by atoms with van der Waals surface area (Å²) in [6.45, 7) is 4.84. The van der Waals surface area contributed by atoms with Crippen LogP contribution in [-0.4, -0.2) is 96.7 Å². The van der Waals surface area contributed by atoms with Crippen LogP contribution in [0.25, 0.3) is 0 Å². The molecule has 0 bridgehead atoms. The van der Waals surface area contributed by atoms with Crippen LogP contribution in [0.3, 0.4) is 0 Å². The second kappa shape index (κ2) is 66.7. The van der Waals surface area contributed by atoms with E-state index in [9.17, 15) is 43.2 Å². The van der Waals surface area contributed by atoms with Gasteiger partial charge in [-0.2, -0.15) is 0 Å². The Hall–Kier alpha value is -1.94. The second-order valence-corrected chi connectivity index (χ2v) is 28.9. The van der Waals surface area contributed by atoms with Gasteiger partial charge in [0.2, 0.25) is 0 Å². The van der Waals surface area contributed by atoms with Crippen molar-refractivity contribution in [1.82, 2.24) is 0 Å². The summed E-state index contributed by atoms with van der Waals surface area (Å²) in [6.07, 6.45) is 56.2. The lowest BCUT2D eigenvalue weighted by Crippen LogP contribution is -2.30. The summed E-state index contributed by atoms with van der Waals surface area (Å²) >= 11 is 0. The summed E-state index contributed by atoms with van der Waals surface area (Å²) in [5, 5.41) is 10.5. The molecule has 2 unspecified atom stereocenters. The number of carbonyl (C=O) groups is 4. The van der Waals surface area contributed by atoms with Gasteiger partial charge in [0.1, 0.15) is 19.3 Å². The number of ether oxygens (including phenoxy) is 4. The lowest BCUT2D eigenvalue weighted by Gasteiger charge is -2.21. The van der Waals surface area contributed by atoms with E-state index < -0.39 is 97.5 Å². The Bertz CT molecular complexity index is 1740. The Morgan fingerprint density at radius 3 is 0.648 bits per heavy atom. The van der Waals surface area contributed by atoms with E-state index in [-0.39, 0.29) is 25.7 Å². The molecule has 0 saturated carbocycles. The van der Waals surface area contributed by atoms with Gasteiger partial charge in [-0.15, -0.1) is 0 Å². The quantitative estimate of drug-likeness (QED) is 0.0222. The van der Waals surface area contributed by atoms with Crippen LogP contribution < -0.4 is 0 Å². The predicted octanol–water partition coefficient (Wildman–Crippen LogP) is 21.1. The van der Waals surface area contributed by atoms with Crippen molar-refractivity contribution in [2.45, 2.75) is 399 Å². The highest BCUT2D eigenvalue weighted by Crippen LogP contribution is 2.45. The molecule has 0 heterocycles. The lowest BCUT2D eigenvalue weighted by atomic mass is 10.0. The molecule has 91 heavy (non-hydrogen) atoms. The molecule has 0 aliphatic rings. The van der Waals surface area contributed by atoms with E-state index in [0.717, 1.165) is 103 Å². The fourth-order valence-corrected chi connectivity index (χ4v) is 12.6. The molecule has 0 aromatic rings. The van der Waals surface area contributed by atoms with Crippen molar-refractivity contribution in [3.05, 3.63) is 0 Å². The number of hydrogen-bond donors (Lipinski definition) is 3. The molecule has 0 amide bonds. The Morgan fingerprint density at radius 2 is 0.440 bits per heavy atom. The fraction of sp³-hybridized carbons (Fsp3) is 0.944. The molecule has 0 fully saturated rings. The van der Waals surface area contributed by atoms with Crippen molar-refractivity contribution in [1.29, 1.82) is 0 Å². The van der Waals surface area contributed by atoms with Gasteiger partial charge in [0.05, 0.1) is 26.4 Å². The summed E-state index contributed by atoms with van der Waals surface area (Å²) < 4.78 is 68.0. The number of esters is 4. The van der Waals surface area contributed by atoms with E-state index in [1.807, 2.05) is 0 Å². The molecular weight excluding hydrogens is 1200 g/mol. The number of carbonyl (C=O) groups excluding carboxylic acids is 4. The first-order valence-electron chi connectivity index (χ1n) is 37.8. The summed E-state index contributed by atoms with van der Waals surface area (Å²) in [5.41, 5.74) is 0. The standard InChI is InChI=1S/C72H140O17P2/c1-5-9-13-17-20-23-25-27-29-31-33-34-36-38-40-42-44-47-51-55-59-72(77)89-68(63-83-70(75)57-53-49-46-43-41-39-37-35-32-30-28-26-24-21-18-14-10-6-2)65-87-91(80,81)85-61-66(73)60-84-90(78,79)86-64-67(62-82-69(74)56-52-48-16-12-8-4)88-71(76)58-54-50-45-22-19-15-11-7-3/h66-68,73H,5-65H2,1-4H3,(H,78,79)(H,80,81)/t66-,67+,68+/m0/s1. The zero-order valence-electron chi connectivity index (χ0n) is 58.8. The number of phosphoric acid groups is 2. The molecule has 17 nitrogen and oxygen atoms in total. The second-order valence-electron chi connectivity index (χ2n) is 26.0. The van der Waals surface area contributed by atoms with Crippen LogP contribution in [0.1, 0.15) is 381 Å². The number of aliphatic hydroxyl groups excluding tert-OH is 1. The molecule has 0 aromatic heterocycles. The summed E-state index contributed by atoms with van der Waals surface area (Å²) in [4.78, 5) is 72.2. The van der Waals surface area contributed by atoms with Gasteiger partial charge in [0.25, 0.3) is 0 Å². The lowest BCUT2D eigenvalue weighted by molar-refractivity contribution is -0.161. The molecule has 0 aromatic carbocycles. The molecule has 0 saturated heterocycles. The summed E-state index contributed by atoms with van der Waals surface area (Å²) in [7, 11) is -9.89. The smallest absolute Gasteiger partial charge is 0.462 e. The minimum Gasteiger partial charge on any atom is -0.462 e. The van der Waals surface area contributed by atoms with Crippen LogP contribution in [0.4, 0.5) is 0 Å². The van der Waals surface area contributed by atoms with Crippen LogP contribution in [0.5, 0.6) is 0 Å². The van der Waals surface area contributed by atoms with Crippen molar-refractivity contribution in [3.63, 3.8) is 0 Å². The van der Waals surface area contributed by atoms with Crippen LogP contribution in [-0.2, 0) is 65.4 Å². The van der Waals surface area contributed by atoms with Crippen molar-refractivity contribution in [2.24, 2.45) is 0 Å². The molecule has 5 atom stereocenters. The molecule has 540 valence electrons. The number of rotatable bonds is 73. The third-order valence-electron chi connectivity index (χ3n) is 16.9.